The van der Waals surface area contributed by atoms with Crippen LogP contribution in [0.15, 0.2) is 11.6 Å². The van der Waals surface area contributed by atoms with E-state index in [1.165, 1.54) is 38.6 Å². The number of piperazine rings is 1. The highest BCUT2D eigenvalue weighted by atomic mass is 32.1. The Morgan fingerprint density at radius 2 is 1.83 bits per heavy atom. The quantitative estimate of drug-likeness (QED) is 0.841. The summed E-state index contributed by atoms with van der Waals surface area (Å²) in [5.74, 6) is 0.627. The third-order valence-electron chi connectivity index (χ3n) is 5.92. The molecule has 24 heavy (non-hydrogen) atoms. The van der Waals surface area contributed by atoms with Gasteiger partial charge in [0, 0.05) is 50.3 Å². The average Bonchev–Trinajstić information content (AvgIpc) is 3.35. The molecule has 0 radical (unpaired) electrons. The van der Waals surface area contributed by atoms with Crippen LogP contribution >= 0.6 is 11.3 Å². The Morgan fingerprint density at radius 1 is 1.04 bits per heavy atom. The Bertz CT molecular complexity index is 535. The zero-order chi connectivity index (χ0) is 16.4. The molecule has 1 aromatic heterocycles. The van der Waals surface area contributed by atoms with Crippen molar-refractivity contribution < 1.29 is 4.79 Å². The second-order valence-electron chi connectivity index (χ2n) is 7.40. The average molecular weight is 349 g/mol. The highest BCUT2D eigenvalue weighted by Gasteiger charge is 2.34. The van der Waals surface area contributed by atoms with Crippen molar-refractivity contribution in [3.8, 4) is 0 Å². The molecule has 0 spiro atoms. The number of hydrogen-bond donors (Lipinski definition) is 0. The number of carbonyl (C=O) groups excluding carboxylic acids is 1. The molecule has 6 heteroatoms. The molecule has 1 atom stereocenters. The van der Waals surface area contributed by atoms with Gasteiger partial charge in [-0.2, -0.15) is 0 Å². The zero-order valence-corrected chi connectivity index (χ0v) is 15.2. The van der Waals surface area contributed by atoms with E-state index in [0.717, 1.165) is 50.3 Å². The van der Waals surface area contributed by atoms with E-state index in [9.17, 15) is 4.79 Å². The van der Waals surface area contributed by atoms with Crippen LogP contribution in [0.4, 0.5) is 5.13 Å². The number of nitrogens with zero attached hydrogens (tertiary/aromatic N) is 4. The maximum atomic E-state index is 13.0. The van der Waals surface area contributed by atoms with Crippen molar-refractivity contribution in [2.45, 2.75) is 44.6 Å². The van der Waals surface area contributed by atoms with Crippen molar-refractivity contribution in [3.63, 3.8) is 0 Å². The van der Waals surface area contributed by atoms with Gasteiger partial charge in [-0.15, -0.1) is 11.3 Å². The molecule has 0 N–H and O–H groups in total. The van der Waals surface area contributed by atoms with Crippen LogP contribution in [0.1, 0.15) is 38.5 Å². The molecule has 3 aliphatic rings. The molecule has 132 valence electrons. The van der Waals surface area contributed by atoms with Gasteiger partial charge in [0.25, 0.3) is 0 Å². The van der Waals surface area contributed by atoms with Gasteiger partial charge >= 0.3 is 0 Å². The minimum absolute atomic E-state index is 0.228. The minimum atomic E-state index is 0.228. The number of hydrogen-bond acceptors (Lipinski definition) is 5. The number of thiazole rings is 1. The number of anilines is 1. The van der Waals surface area contributed by atoms with Gasteiger partial charge in [-0.1, -0.05) is 12.8 Å². The van der Waals surface area contributed by atoms with Crippen LogP contribution < -0.4 is 4.90 Å². The van der Waals surface area contributed by atoms with E-state index >= 15 is 0 Å². The van der Waals surface area contributed by atoms with Crippen LogP contribution in [0, 0.1) is 5.92 Å². The number of rotatable bonds is 3. The Balaban J connectivity index is 1.31. The molecule has 1 aromatic rings. The molecular weight excluding hydrogens is 320 g/mol. The van der Waals surface area contributed by atoms with Gasteiger partial charge in [-0.05, 0) is 32.2 Å². The highest BCUT2D eigenvalue weighted by molar-refractivity contribution is 7.13. The van der Waals surface area contributed by atoms with Crippen molar-refractivity contribution in [2.75, 3.05) is 44.2 Å². The lowest BCUT2D eigenvalue weighted by Crippen LogP contribution is -2.53. The Hall–Kier alpha value is -1.14. The van der Waals surface area contributed by atoms with Crippen LogP contribution in [0.25, 0.3) is 0 Å². The van der Waals surface area contributed by atoms with Crippen LogP contribution in [-0.4, -0.2) is 66.0 Å². The molecule has 0 bridgehead atoms. The lowest BCUT2D eigenvalue weighted by atomic mass is 9.94. The number of aromatic nitrogens is 1. The molecule has 4 rings (SSSR count). The molecule has 3 heterocycles. The Kier molecular flexibility index (Phi) is 5.03. The largest absolute Gasteiger partial charge is 0.345 e. The standard InChI is InChI=1S/C18H28N4OS/c23-17(15-4-3-8-22(14-15)16-5-1-2-6-16)20-9-11-21(12-10-20)18-19-7-13-24-18/h7,13,15-16H,1-6,8-12,14H2/t15-/m0/s1. The van der Waals surface area contributed by atoms with E-state index in [0.29, 0.717) is 5.91 Å². The lowest BCUT2D eigenvalue weighted by Gasteiger charge is -2.40. The van der Waals surface area contributed by atoms with Crippen LogP contribution in [-0.2, 0) is 4.79 Å². The molecule has 1 saturated carbocycles. The SMILES string of the molecule is O=C([C@H]1CCCN(C2CCCC2)C1)N1CCN(c2nccs2)CC1. The summed E-state index contributed by atoms with van der Waals surface area (Å²) in [6, 6.07) is 0.752. The molecule has 0 unspecified atom stereocenters. The van der Waals surface area contributed by atoms with Gasteiger partial charge in [-0.3, -0.25) is 9.69 Å². The molecule has 2 aliphatic heterocycles. The van der Waals surface area contributed by atoms with Crippen molar-refractivity contribution >= 4 is 22.4 Å². The van der Waals surface area contributed by atoms with E-state index in [1.807, 2.05) is 11.6 Å². The summed E-state index contributed by atoms with van der Waals surface area (Å²) in [6.45, 7) is 5.72. The van der Waals surface area contributed by atoms with Gasteiger partial charge in [-0.25, -0.2) is 4.98 Å². The van der Waals surface area contributed by atoms with Crippen molar-refractivity contribution in [3.05, 3.63) is 11.6 Å². The number of likely N-dealkylation sites (tertiary alicyclic amines) is 1. The summed E-state index contributed by atoms with van der Waals surface area (Å²) < 4.78 is 0. The van der Waals surface area contributed by atoms with Gasteiger partial charge < -0.3 is 9.80 Å². The fraction of sp³-hybridized carbons (Fsp3) is 0.778. The maximum Gasteiger partial charge on any atom is 0.227 e. The summed E-state index contributed by atoms with van der Waals surface area (Å²) in [6.07, 6.45) is 9.55. The first-order valence-corrected chi connectivity index (χ1v) is 10.4. The van der Waals surface area contributed by atoms with Gasteiger partial charge in [0.1, 0.15) is 0 Å². The first-order chi connectivity index (χ1) is 11.8. The Labute approximate surface area is 148 Å². The third-order valence-corrected chi connectivity index (χ3v) is 6.76. The summed E-state index contributed by atoms with van der Waals surface area (Å²) in [7, 11) is 0. The topological polar surface area (TPSA) is 39.7 Å². The number of piperidine rings is 1. The van der Waals surface area contributed by atoms with Gasteiger partial charge in [0.2, 0.25) is 5.91 Å². The van der Waals surface area contributed by atoms with Gasteiger partial charge in [0.05, 0.1) is 5.92 Å². The third kappa shape index (κ3) is 3.45. The summed E-state index contributed by atoms with van der Waals surface area (Å²) in [5, 5.41) is 3.11. The normalized spacial score (nSPS) is 26.9. The molecule has 0 aromatic carbocycles. The maximum absolute atomic E-state index is 13.0. The smallest absolute Gasteiger partial charge is 0.227 e. The number of amides is 1. The summed E-state index contributed by atoms with van der Waals surface area (Å²) in [5.41, 5.74) is 0. The van der Waals surface area contributed by atoms with E-state index < -0.39 is 0 Å². The summed E-state index contributed by atoms with van der Waals surface area (Å²) >= 11 is 1.69. The molecule has 5 nitrogen and oxygen atoms in total. The monoisotopic (exact) mass is 348 g/mol. The minimum Gasteiger partial charge on any atom is -0.345 e. The van der Waals surface area contributed by atoms with E-state index in [1.54, 1.807) is 11.3 Å². The predicted octanol–water partition coefficient (Wildman–Crippen LogP) is 2.45. The molecular formula is C18H28N4OS. The van der Waals surface area contributed by atoms with E-state index in [4.69, 9.17) is 0 Å². The molecule has 3 fully saturated rings. The van der Waals surface area contributed by atoms with Crippen LogP contribution in [0.5, 0.6) is 0 Å². The fourth-order valence-electron chi connectivity index (χ4n) is 4.56. The van der Waals surface area contributed by atoms with E-state index in [2.05, 4.69) is 19.7 Å². The lowest BCUT2D eigenvalue weighted by molar-refractivity contribution is -0.138. The van der Waals surface area contributed by atoms with Crippen LogP contribution in [0.3, 0.4) is 0 Å². The highest BCUT2D eigenvalue weighted by Crippen LogP contribution is 2.29. The molecule has 1 amide bonds. The first-order valence-electron chi connectivity index (χ1n) is 9.48. The summed E-state index contributed by atoms with van der Waals surface area (Å²) in [4.78, 5) is 24.4. The van der Waals surface area contributed by atoms with Crippen molar-refractivity contribution in [1.29, 1.82) is 0 Å². The van der Waals surface area contributed by atoms with Crippen molar-refractivity contribution in [2.24, 2.45) is 5.92 Å². The number of carbonyl (C=O) groups is 1. The van der Waals surface area contributed by atoms with Crippen molar-refractivity contribution in [1.82, 2.24) is 14.8 Å². The predicted molar refractivity (Wildman–Crippen MR) is 97.5 cm³/mol. The van der Waals surface area contributed by atoms with Crippen LogP contribution in [0.2, 0.25) is 0 Å². The Morgan fingerprint density at radius 3 is 2.54 bits per heavy atom. The zero-order valence-electron chi connectivity index (χ0n) is 14.4. The first kappa shape index (κ1) is 16.3. The molecule has 2 saturated heterocycles. The second-order valence-corrected chi connectivity index (χ2v) is 8.27. The molecule has 1 aliphatic carbocycles. The second kappa shape index (κ2) is 7.40. The van der Waals surface area contributed by atoms with Gasteiger partial charge in [0.15, 0.2) is 5.13 Å². The van der Waals surface area contributed by atoms with E-state index in [-0.39, 0.29) is 5.92 Å². The fourth-order valence-corrected chi connectivity index (χ4v) is 5.25.